The molecular weight excluding hydrogens is 336 g/mol. The SMILES string of the molecule is COc1ccc(C(=O)C(c2ccc(OC)cc2)n2ccsc2=N)cc1. The van der Waals surface area contributed by atoms with E-state index >= 15 is 0 Å². The molecule has 128 valence electrons. The molecule has 0 radical (unpaired) electrons. The standard InChI is InChI=1S/C19H18N2O3S/c1-23-15-7-3-13(4-8-15)17(21-11-12-25-19(21)20)18(22)14-5-9-16(24-2)10-6-14/h3-12,17,20H,1-2H3. The maximum absolute atomic E-state index is 13.2. The van der Waals surface area contributed by atoms with Crippen molar-refractivity contribution in [1.29, 1.82) is 5.41 Å². The van der Waals surface area contributed by atoms with E-state index in [0.717, 1.165) is 11.3 Å². The van der Waals surface area contributed by atoms with Crippen LogP contribution in [0.1, 0.15) is 22.0 Å². The van der Waals surface area contributed by atoms with E-state index in [-0.39, 0.29) is 5.78 Å². The van der Waals surface area contributed by atoms with Crippen LogP contribution in [0.5, 0.6) is 11.5 Å². The van der Waals surface area contributed by atoms with Crippen LogP contribution in [0, 0.1) is 5.41 Å². The maximum atomic E-state index is 13.2. The number of Topliss-reactive ketones (excluding diaryl/α,β-unsaturated/α-hetero) is 1. The van der Waals surface area contributed by atoms with Gasteiger partial charge < -0.3 is 14.0 Å². The van der Waals surface area contributed by atoms with Crippen LogP contribution >= 0.6 is 11.3 Å². The summed E-state index contributed by atoms with van der Waals surface area (Å²) >= 11 is 1.29. The highest BCUT2D eigenvalue weighted by Crippen LogP contribution is 2.25. The molecule has 0 aliphatic rings. The summed E-state index contributed by atoms with van der Waals surface area (Å²) in [6, 6.07) is 13.8. The van der Waals surface area contributed by atoms with E-state index in [1.807, 2.05) is 24.3 Å². The van der Waals surface area contributed by atoms with Gasteiger partial charge in [-0.15, -0.1) is 11.3 Å². The Labute approximate surface area is 149 Å². The normalized spacial score (nSPS) is 11.8. The molecule has 1 atom stereocenters. The molecule has 0 fully saturated rings. The molecule has 3 aromatic rings. The van der Waals surface area contributed by atoms with Crippen molar-refractivity contribution in [3.63, 3.8) is 0 Å². The minimum absolute atomic E-state index is 0.0790. The third-order valence-electron chi connectivity index (χ3n) is 3.97. The van der Waals surface area contributed by atoms with Crippen LogP contribution in [0.25, 0.3) is 0 Å². The Bertz CT molecular complexity index is 911. The van der Waals surface area contributed by atoms with E-state index in [9.17, 15) is 4.79 Å². The highest BCUT2D eigenvalue weighted by Gasteiger charge is 2.24. The van der Waals surface area contributed by atoms with Crippen LogP contribution in [-0.4, -0.2) is 24.6 Å². The van der Waals surface area contributed by atoms with Crippen LogP contribution < -0.4 is 14.3 Å². The molecule has 5 nitrogen and oxygen atoms in total. The van der Waals surface area contributed by atoms with Gasteiger partial charge in [-0.3, -0.25) is 10.2 Å². The Morgan fingerprint density at radius 3 is 2.04 bits per heavy atom. The minimum Gasteiger partial charge on any atom is -0.497 e. The van der Waals surface area contributed by atoms with Gasteiger partial charge in [-0.25, -0.2) is 0 Å². The Morgan fingerprint density at radius 2 is 1.56 bits per heavy atom. The zero-order valence-corrected chi connectivity index (χ0v) is 14.7. The first-order chi connectivity index (χ1) is 12.1. The summed E-state index contributed by atoms with van der Waals surface area (Å²) in [5, 5.41) is 9.92. The van der Waals surface area contributed by atoms with Crippen LogP contribution in [-0.2, 0) is 0 Å². The van der Waals surface area contributed by atoms with Gasteiger partial charge in [0.15, 0.2) is 10.6 Å². The lowest BCUT2D eigenvalue weighted by Gasteiger charge is -2.18. The van der Waals surface area contributed by atoms with Crippen molar-refractivity contribution < 1.29 is 14.3 Å². The van der Waals surface area contributed by atoms with Gasteiger partial charge in [0, 0.05) is 17.1 Å². The number of hydrogen-bond acceptors (Lipinski definition) is 5. The predicted octanol–water partition coefficient (Wildman–Crippen LogP) is 3.52. The fraction of sp³-hybridized carbons (Fsp3) is 0.158. The second-order valence-electron chi connectivity index (χ2n) is 5.38. The number of thiazole rings is 1. The van der Waals surface area contributed by atoms with Gasteiger partial charge in [0.1, 0.15) is 17.5 Å². The van der Waals surface area contributed by atoms with Gasteiger partial charge in [-0.05, 0) is 42.0 Å². The molecule has 0 aliphatic heterocycles. The number of ketones is 1. The third-order valence-corrected chi connectivity index (χ3v) is 4.66. The number of carbonyl (C=O) groups is 1. The average Bonchev–Trinajstić information content (AvgIpc) is 3.08. The number of ether oxygens (including phenoxy) is 2. The van der Waals surface area contributed by atoms with Gasteiger partial charge in [-0.1, -0.05) is 12.1 Å². The molecule has 0 amide bonds. The van der Waals surface area contributed by atoms with Gasteiger partial charge in [0.2, 0.25) is 0 Å². The Hall–Kier alpha value is -2.86. The first-order valence-corrected chi connectivity index (χ1v) is 8.54. The minimum atomic E-state index is -0.599. The number of hydrogen-bond donors (Lipinski definition) is 1. The first-order valence-electron chi connectivity index (χ1n) is 7.66. The zero-order valence-electron chi connectivity index (χ0n) is 13.9. The van der Waals surface area contributed by atoms with Gasteiger partial charge >= 0.3 is 0 Å². The van der Waals surface area contributed by atoms with Gasteiger partial charge in [-0.2, -0.15) is 0 Å². The van der Waals surface area contributed by atoms with Crippen LogP contribution in [0.4, 0.5) is 0 Å². The van der Waals surface area contributed by atoms with E-state index in [1.165, 1.54) is 11.3 Å². The van der Waals surface area contributed by atoms with Crippen LogP contribution in [0.15, 0.2) is 60.1 Å². The number of nitrogens with zero attached hydrogens (tertiary/aromatic N) is 1. The lowest BCUT2D eigenvalue weighted by atomic mass is 9.97. The van der Waals surface area contributed by atoms with Crippen LogP contribution in [0.2, 0.25) is 0 Å². The Morgan fingerprint density at radius 1 is 1.00 bits per heavy atom. The molecule has 1 heterocycles. The molecule has 0 saturated heterocycles. The van der Waals surface area contributed by atoms with E-state index in [1.54, 1.807) is 54.6 Å². The number of methoxy groups -OCH3 is 2. The number of rotatable bonds is 6. The monoisotopic (exact) mass is 354 g/mol. The Balaban J connectivity index is 2.05. The maximum Gasteiger partial charge on any atom is 0.190 e. The second-order valence-corrected chi connectivity index (χ2v) is 6.28. The van der Waals surface area contributed by atoms with E-state index in [4.69, 9.17) is 14.9 Å². The summed E-state index contributed by atoms with van der Waals surface area (Å²) in [7, 11) is 3.19. The molecule has 0 saturated carbocycles. The molecule has 3 rings (SSSR count). The molecule has 0 aliphatic carbocycles. The van der Waals surface area contributed by atoms with Crippen molar-refractivity contribution in [3.05, 3.63) is 76.0 Å². The average molecular weight is 354 g/mol. The van der Waals surface area contributed by atoms with E-state index in [2.05, 4.69) is 0 Å². The number of carbonyl (C=O) groups excluding carboxylic acids is 1. The predicted molar refractivity (Wildman–Crippen MR) is 96.6 cm³/mol. The number of benzene rings is 2. The molecule has 25 heavy (non-hydrogen) atoms. The van der Waals surface area contributed by atoms with Crippen molar-refractivity contribution >= 4 is 17.1 Å². The zero-order chi connectivity index (χ0) is 17.8. The molecule has 6 heteroatoms. The van der Waals surface area contributed by atoms with Gasteiger partial charge in [0.05, 0.1) is 14.2 Å². The Kier molecular flexibility index (Phi) is 5.00. The van der Waals surface area contributed by atoms with Crippen molar-refractivity contribution in [1.82, 2.24) is 4.57 Å². The highest BCUT2D eigenvalue weighted by molar-refractivity contribution is 7.06. The van der Waals surface area contributed by atoms with Crippen molar-refractivity contribution in [2.45, 2.75) is 6.04 Å². The number of nitrogens with one attached hydrogen (secondary N) is 1. The summed E-state index contributed by atoms with van der Waals surface area (Å²) in [5.74, 6) is 1.34. The molecule has 1 N–H and O–H groups in total. The molecule has 0 spiro atoms. The quantitative estimate of drug-likeness (QED) is 0.689. The fourth-order valence-electron chi connectivity index (χ4n) is 2.63. The number of aromatic nitrogens is 1. The van der Waals surface area contributed by atoms with Crippen molar-refractivity contribution in [3.8, 4) is 11.5 Å². The second kappa shape index (κ2) is 7.36. The van der Waals surface area contributed by atoms with Crippen molar-refractivity contribution in [2.75, 3.05) is 14.2 Å². The summed E-state index contributed by atoms with van der Waals surface area (Å²) in [4.78, 5) is 13.5. The smallest absolute Gasteiger partial charge is 0.190 e. The first kappa shape index (κ1) is 17.0. The van der Waals surface area contributed by atoms with Gasteiger partial charge in [0.25, 0.3) is 0 Å². The molecule has 0 bridgehead atoms. The third kappa shape index (κ3) is 3.49. The molecule has 2 aromatic carbocycles. The molecular formula is C19H18N2O3S. The molecule has 1 unspecified atom stereocenters. The largest absolute Gasteiger partial charge is 0.497 e. The fourth-order valence-corrected chi connectivity index (χ4v) is 3.24. The van der Waals surface area contributed by atoms with Crippen molar-refractivity contribution in [2.24, 2.45) is 0 Å². The van der Waals surface area contributed by atoms with E-state index < -0.39 is 6.04 Å². The summed E-state index contributed by atoms with van der Waals surface area (Å²) in [6.07, 6.45) is 1.77. The lowest BCUT2D eigenvalue weighted by Crippen LogP contribution is -2.27. The summed E-state index contributed by atoms with van der Waals surface area (Å²) < 4.78 is 12.0. The van der Waals surface area contributed by atoms with Crippen LogP contribution in [0.3, 0.4) is 0 Å². The highest BCUT2D eigenvalue weighted by atomic mass is 32.1. The molecule has 1 aromatic heterocycles. The van der Waals surface area contributed by atoms with E-state index in [0.29, 0.717) is 16.1 Å². The summed E-state index contributed by atoms with van der Waals surface area (Å²) in [6.45, 7) is 0. The summed E-state index contributed by atoms with van der Waals surface area (Å²) in [5.41, 5.74) is 1.37. The lowest BCUT2D eigenvalue weighted by molar-refractivity contribution is 0.0944. The topological polar surface area (TPSA) is 64.3 Å².